The van der Waals surface area contributed by atoms with Gasteiger partial charge in [0.1, 0.15) is 10.7 Å². The Hall–Kier alpha value is -2.47. The zero-order valence-corrected chi connectivity index (χ0v) is 10.5. The highest BCUT2D eigenvalue weighted by molar-refractivity contribution is 7.13. The number of nitrogens with one attached hydrogen (secondary N) is 1. The molecule has 0 radical (unpaired) electrons. The molecular formula is C13H9N3O2S. The molecule has 94 valence electrons. The van der Waals surface area contributed by atoms with Crippen LogP contribution >= 0.6 is 11.3 Å². The third-order valence-corrected chi connectivity index (χ3v) is 3.46. The highest BCUT2D eigenvalue weighted by Gasteiger charge is 2.11. The van der Waals surface area contributed by atoms with Crippen LogP contribution in [-0.2, 0) is 0 Å². The molecule has 3 heterocycles. The van der Waals surface area contributed by atoms with E-state index in [0.717, 1.165) is 22.0 Å². The number of carbonyl (C=O) groups is 1. The summed E-state index contributed by atoms with van der Waals surface area (Å²) in [7, 11) is 0. The number of aromatic amines is 1. The van der Waals surface area contributed by atoms with Gasteiger partial charge in [0.05, 0.1) is 11.4 Å². The van der Waals surface area contributed by atoms with E-state index in [9.17, 15) is 4.79 Å². The number of rotatable bonds is 3. The van der Waals surface area contributed by atoms with E-state index in [0.29, 0.717) is 0 Å². The average molecular weight is 271 g/mol. The number of nitrogens with zero attached hydrogens (tertiary/aromatic N) is 2. The second kappa shape index (κ2) is 4.66. The number of carboxylic acids is 1. The summed E-state index contributed by atoms with van der Waals surface area (Å²) >= 11 is 1.48. The first kappa shape index (κ1) is 11.6. The van der Waals surface area contributed by atoms with Gasteiger partial charge >= 0.3 is 5.97 Å². The topological polar surface area (TPSA) is 78.9 Å². The van der Waals surface area contributed by atoms with Gasteiger partial charge in [0.15, 0.2) is 0 Å². The molecule has 0 aliphatic carbocycles. The van der Waals surface area contributed by atoms with Gasteiger partial charge in [0.25, 0.3) is 0 Å². The Morgan fingerprint density at radius 1 is 1.32 bits per heavy atom. The minimum absolute atomic E-state index is 0.155. The Balaban J connectivity index is 1.94. The molecule has 0 aliphatic heterocycles. The second-order valence-corrected chi connectivity index (χ2v) is 4.72. The first-order valence-corrected chi connectivity index (χ1v) is 6.41. The van der Waals surface area contributed by atoms with E-state index in [1.165, 1.54) is 11.3 Å². The molecule has 0 atom stereocenters. The van der Waals surface area contributed by atoms with Gasteiger partial charge < -0.3 is 10.1 Å². The maximum atomic E-state index is 10.8. The summed E-state index contributed by atoms with van der Waals surface area (Å²) in [6, 6.07) is 7.22. The molecule has 19 heavy (non-hydrogen) atoms. The zero-order chi connectivity index (χ0) is 13.2. The number of aromatic carboxylic acids is 1. The molecule has 3 aromatic rings. The van der Waals surface area contributed by atoms with Crippen molar-refractivity contribution < 1.29 is 9.90 Å². The third-order valence-electron chi connectivity index (χ3n) is 2.60. The average Bonchev–Trinajstić information content (AvgIpc) is 3.09. The molecule has 3 aromatic heterocycles. The Morgan fingerprint density at radius 3 is 2.89 bits per heavy atom. The normalized spacial score (nSPS) is 10.5. The van der Waals surface area contributed by atoms with E-state index in [2.05, 4.69) is 15.0 Å². The highest BCUT2D eigenvalue weighted by atomic mass is 32.1. The molecule has 3 rings (SSSR count). The Bertz CT molecular complexity index is 718. The van der Waals surface area contributed by atoms with Crippen molar-refractivity contribution in [2.45, 2.75) is 0 Å². The van der Waals surface area contributed by atoms with Crippen LogP contribution in [0.3, 0.4) is 0 Å². The van der Waals surface area contributed by atoms with Gasteiger partial charge in [-0.1, -0.05) is 6.07 Å². The van der Waals surface area contributed by atoms with Crippen molar-refractivity contribution in [1.82, 2.24) is 15.0 Å². The predicted molar refractivity (Wildman–Crippen MR) is 72.1 cm³/mol. The number of hydrogen-bond donors (Lipinski definition) is 2. The second-order valence-electron chi connectivity index (χ2n) is 3.86. The minimum Gasteiger partial charge on any atom is -0.477 e. The van der Waals surface area contributed by atoms with Crippen molar-refractivity contribution in [3.8, 4) is 22.0 Å². The maximum absolute atomic E-state index is 10.8. The van der Waals surface area contributed by atoms with E-state index < -0.39 is 5.97 Å². The van der Waals surface area contributed by atoms with Crippen LogP contribution in [0.25, 0.3) is 22.0 Å². The standard InChI is InChI=1S/C13H9N3O2S/c17-13(18)10-5-8(6-15-10)11-7-19-12(16-11)9-3-1-2-4-14-9/h1-7,15H,(H,17,18). The van der Waals surface area contributed by atoms with Gasteiger partial charge in [-0.3, -0.25) is 4.98 Å². The van der Waals surface area contributed by atoms with Crippen LogP contribution in [0.1, 0.15) is 10.5 Å². The van der Waals surface area contributed by atoms with Crippen LogP contribution in [-0.4, -0.2) is 26.0 Å². The first-order chi connectivity index (χ1) is 9.24. The summed E-state index contributed by atoms with van der Waals surface area (Å²) in [4.78, 5) is 22.2. The molecular weight excluding hydrogens is 262 g/mol. The molecule has 6 heteroatoms. The SMILES string of the molecule is O=C(O)c1cc(-c2csc(-c3ccccn3)n2)c[nH]1. The molecule has 0 aliphatic rings. The highest BCUT2D eigenvalue weighted by Crippen LogP contribution is 2.27. The lowest BCUT2D eigenvalue weighted by Gasteiger charge is -1.92. The van der Waals surface area contributed by atoms with Crippen LogP contribution in [0.2, 0.25) is 0 Å². The van der Waals surface area contributed by atoms with E-state index in [-0.39, 0.29) is 5.69 Å². The number of thiazole rings is 1. The molecule has 2 N–H and O–H groups in total. The fourth-order valence-electron chi connectivity index (χ4n) is 1.68. The van der Waals surface area contributed by atoms with E-state index in [1.807, 2.05) is 23.6 Å². The molecule has 0 spiro atoms. The molecule has 0 fully saturated rings. The van der Waals surface area contributed by atoms with Crippen molar-refractivity contribution in [2.75, 3.05) is 0 Å². The predicted octanol–water partition coefficient (Wildman–Crippen LogP) is 2.90. The molecule has 0 saturated carbocycles. The van der Waals surface area contributed by atoms with Gasteiger partial charge in [0.2, 0.25) is 0 Å². The van der Waals surface area contributed by atoms with Gasteiger partial charge in [-0.05, 0) is 18.2 Å². The lowest BCUT2D eigenvalue weighted by Crippen LogP contribution is -1.94. The summed E-state index contributed by atoms with van der Waals surface area (Å²) in [6.45, 7) is 0. The first-order valence-electron chi connectivity index (χ1n) is 5.53. The van der Waals surface area contributed by atoms with Crippen molar-refractivity contribution in [3.05, 3.63) is 47.7 Å². The fourth-order valence-corrected chi connectivity index (χ4v) is 2.48. The summed E-state index contributed by atoms with van der Waals surface area (Å²) in [5.74, 6) is -0.980. The molecule has 0 bridgehead atoms. The number of hydrogen-bond acceptors (Lipinski definition) is 4. The Labute approximate surface area is 112 Å². The number of carboxylic acid groups (broad SMARTS) is 1. The zero-order valence-electron chi connectivity index (χ0n) is 9.70. The van der Waals surface area contributed by atoms with Crippen LogP contribution in [0.4, 0.5) is 0 Å². The van der Waals surface area contributed by atoms with E-state index >= 15 is 0 Å². The van der Waals surface area contributed by atoms with E-state index in [4.69, 9.17) is 5.11 Å². The van der Waals surface area contributed by atoms with Crippen molar-refractivity contribution in [2.24, 2.45) is 0 Å². The maximum Gasteiger partial charge on any atom is 0.352 e. The number of aromatic nitrogens is 3. The third kappa shape index (κ3) is 2.25. The smallest absolute Gasteiger partial charge is 0.352 e. The van der Waals surface area contributed by atoms with Crippen LogP contribution < -0.4 is 0 Å². The minimum atomic E-state index is -0.980. The van der Waals surface area contributed by atoms with Crippen molar-refractivity contribution in [1.29, 1.82) is 0 Å². The quantitative estimate of drug-likeness (QED) is 0.767. The van der Waals surface area contributed by atoms with Gasteiger partial charge in [-0.2, -0.15) is 0 Å². The monoisotopic (exact) mass is 271 g/mol. The summed E-state index contributed by atoms with van der Waals surface area (Å²) in [6.07, 6.45) is 3.36. The van der Waals surface area contributed by atoms with Crippen LogP contribution in [0.5, 0.6) is 0 Å². The summed E-state index contributed by atoms with van der Waals surface area (Å²) in [5.41, 5.74) is 2.47. The number of H-pyrrole nitrogens is 1. The molecule has 0 saturated heterocycles. The van der Waals surface area contributed by atoms with E-state index in [1.54, 1.807) is 18.5 Å². The van der Waals surface area contributed by atoms with Crippen LogP contribution in [0, 0.1) is 0 Å². The molecule has 0 aromatic carbocycles. The van der Waals surface area contributed by atoms with Gasteiger partial charge in [-0.25, -0.2) is 9.78 Å². The summed E-state index contributed by atoms with van der Waals surface area (Å²) in [5, 5.41) is 11.6. The molecule has 0 amide bonds. The largest absolute Gasteiger partial charge is 0.477 e. The fraction of sp³-hybridized carbons (Fsp3) is 0. The van der Waals surface area contributed by atoms with Crippen molar-refractivity contribution in [3.63, 3.8) is 0 Å². The van der Waals surface area contributed by atoms with Crippen LogP contribution in [0.15, 0.2) is 42.0 Å². The summed E-state index contributed by atoms with van der Waals surface area (Å²) < 4.78 is 0. The molecule has 0 unspecified atom stereocenters. The molecule has 5 nitrogen and oxygen atoms in total. The number of pyridine rings is 1. The Morgan fingerprint density at radius 2 is 2.21 bits per heavy atom. The van der Waals surface area contributed by atoms with Gasteiger partial charge in [0, 0.05) is 23.3 Å². The lowest BCUT2D eigenvalue weighted by molar-refractivity contribution is 0.0691. The Kier molecular flexibility index (Phi) is 2.85. The lowest BCUT2D eigenvalue weighted by atomic mass is 10.2. The van der Waals surface area contributed by atoms with Gasteiger partial charge in [-0.15, -0.1) is 11.3 Å². The van der Waals surface area contributed by atoms with Crippen molar-refractivity contribution >= 4 is 17.3 Å².